The molecule has 112 valence electrons. The van der Waals surface area contributed by atoms with Gasteiger partial charge < -0.3 is 15.8 Å². The lowest BCUT2D eigenvalue weighted by Crippen LogP contribution is -2.44. The molecule has 5 nitrogen and oxygen atoms in total. The summed E-state index contributed by atoms with van der Waals surface area (Å²) in [6.45, 7) is 0.403. The Balaban J connectivity index is 2.27. The van der Waals surface area contributed by atoms with Crippen molar-refractivity contribution in [2.45, 2.75) is 25.3 Å². The van der Waals surface area contributed by atoms with Crippen molar-refractivity contribution in [2.24, 2.45) is 5.73 Å². The van der Waals surface area contributed by atoms with Gasteiger partial charge in [0.05, 0.1) is 6.61 Å². The number of ether oxygens (including phenoxy) is 1. The summed E-state index contributed by atoms with van der Waals surface area (Å²) < 4.78 is 6.43. The van der Waals surface area contributed by atoms with E-state index in [9.17, 15) is 9.59 Å². The maximum Gasteiger partial charge on any atom is 0.240 e. The molecular weight excluding hydrogens is 336 g/mol. The van der Waals surface area contributed by atoms with Gasteiger partial charge in [0.25, 0.3) is 0 Å². The van der Waals surface area contributed by atoms with Gasteiger partial charge in [-0.1, -0.05) is 22.0 Å². The molecule has 0 aliphatic carbocycles. The van der Waals surface area contributed by atoms with Crippen molar-refractivity contribution in [1.29, 1.82) is 0 Å². The van der Waals surface area contributed by atoms with Crippen molar-refractivity contribution in [2.75, 3.05) is 6.61 Å². The zero-order valence-electron chi connectivity index (χ0n) is 11.5. The quantitative estimate of drug-likeness (QED) is 0.550. The van der Waals surface area contributed by atoms with Crippen molar-refractivity contribution in [1.82, 2.24) is 5.32 Å². The SMILES string of the molecule is C#CC[C@@H](NC(=O)CCCOc1cccc(Br)c1)C(N)=O. The fraction of sp³-hybridized carbons (Fsp3) is 0.333. The van der Waals surface area contributed by atoms with E-state index in [0.717, 1.165) is 10.2 Å². The van der Waals surface area contributed by atoms with E-state index < -0.39 is 11.9 Å². The zero-order chi connectivity index (χ0) is 15.7. The van der Waals surface area contributed by atoms with Gasteiger partial charge in [0.2, 0.25) is 11.8 Å². The first-order chi connectivity index (χ1) is 10.0. The first-order valence-corrected chi connectivity index (χ1v) is 7.22. The molecule has 0 unspecified atom stereocenters. The number of nitrogens with two attached hydrogens (primary N) is 1. The maximum absolute atomic E-state index is 11.6. The van der Waals surface area contributed by atoms with Gasteiger partial charge in [-0.15, -0.1) is 12.3 Å². The molecule has 3 N–H and O–H groups in total. The molecule has 0 aliphatic rings. The Labute approximate surface area is 132 Å². The van der Waals surface area contributed by atoms with Crippen molar-refractivity contribution < 1.29 is 14.3 Å². The standard InChI is InChI=1S/C15H17BrN2O3/c1-2-5-13(15(17)20)18-14(19)8-4-9-21-12-7-3-6-11(16)10-12/h1,3,6-7,10,13H,4-5,8-9H2,(H2,17,20)(H,18,19)/t13-/m1/s1. The second-order valence-electron chi connectivity index (χ2n) is 4.34. The number of carbonyl (C=O) groups excluding carboxylic acids is 2. The normalized spacial score (nSPS) is 11.2. The lowest BCUT2D eigenvalue weighted by Gasteiger charge is -2.12. The summed E-state index contributed by atoms with van der Waals surface area (Å²) in [5.41, 5.74) is 5.14. The second-order valence-corrected chi connectivity index (χ2v) is 5.26. The van der Waals surface area contributed by atoms with Crippen LogP contribution in [0, 0.1) is 12.3 Å². The van der Waals surface area contributed by atoms with Crippen LogP contribution in [0.2, 0.25) is 0 Å². The average molecular weight is 353 g/mol. The van der Waals surface area contributed by atoms with Crippen molar-refractivity contribution in [3.8, 4) is 18.1 Å². The molecule has 2 amide bonds. The van der Waals surface area contributed by atoms with E-state index in [1.165, 1.54) is 0 Å². The molecule has 0 radical (unpaired) electrons. The number of rotatable bonds is 8. The Kier molecular flexibility index (Phi) is 7.33. The molecule has 1 aromatic rings. The fourth-order valence-electron chi connectivity index (χ4n) is 1.59. The van der Waals surface area contributed by atoms with Crippen LogP contribution >= 0.6 is 15.9 Å². The Hall–Kier alpha value is -2.00. The highest BCUT2D eigenvalue weighted by Gasteiger charge is 2.16. The Morgan fingerprint density at radius 1 is 1.48 bits per heavy atom. The van der Waals surface area contributed by atoms with Crippen LogP contribution in [-0.2, 0) is 9.59 Å². The van der Waals surface area contributed by atoms with E-state index in [-0.39, 0.29) is 18.7 Å². The number of nitrogens with one attached hydrogen (secondary N) is 1. The minimum absolute atomic E-state index is 0.0929. The van der Waals surface area contributed by atoms with E-state index in [2.05, 4.69) is 27.2 Å². The summed E-state index contributed by atoms with van der Waals surface area (Å²) in [5.74, 6) is 2.13. The first-order valence-electron chi connectivity index (χ1n) is 6.43. The number of carbonyl (C=O) groups is 2. The van der Waals surface area contributed by atoms with Gasteiger partial charge in [0.15, 0.2) is 0 Å². The van der Waals surface area contributed by atoms with E-state index >= 15 is 0 Å². The molecule has 0 saturated carbocycles. The Bertz CT molecular complexity index is 540. The minimum atomic E-state index is -0.812. The summed E-state index contributed by atoms with van der Waals surface area (Å²) in [6, 6.07) is 6.63. The molecule has 1 rings (SSSR count). The van der Waals surface area contributed by atoms with Crippen LogP contribution in [0.1, 0.15) is 19.3 Å². The van der Waals surface area contributed by atoms with Crippen LogP contribution in [0.15, 0.2) is 28.7 Å². The number of primary amides is 1. The van der Waals surface area contributed by atoms with Crippen molar-refractivity contribution in [3.05, 3.63) is 28.7 Å². The molecular formula is C15H17BrN2O3. The number of halogens is 1. The van der Waals surface area contributed by atoms with Gasteiger partial charge in [-0.3, -0.25) is 9.59 Å². The average Bonchev–Trinajstić information content (AvgIpc) is 2.43. The van der Waals surface area contributed by atoms with Gasteiger partial charge in [-0.2, -0.15) is 0 Å². The van der Waals surface area contributed by atoms with E-state index in [1.807, 2.05) is 24.3 Å². The summed E-state index contributed by atoms with van der Waals surface area (Å²) in [7, 11) is 0. The third kappa shape index (κ3) is 6.82. The molecule has 0 aromatic heterocycles. The lowest BCUT2D eigenvalue weighted by atomic mass is 10.2. The first kappa shape index (κ1) is 17.1. The predicted octanol–water partition coefficient (Wildman–Crippen LogP) is 1.60. The summed E-state index contributed by atoms with van der Waals surface area (Å²) in [4.78, 5) is 22.7. The maximum atomic E-state index is 11.6. The number of benzene rings is 1. The second kappa shape index (κ2) is 9.03. The highest BCUT2D eigenvalue weighted by atomic mass is 79.9. The summed E-state index contributed by atoms with van der Waals surface area (Å²) in [5, 5.41) is 2.51. The zero-order valence-corrected chi connectivity index (χ0v) is 13.1. The van der Waals surface area contributed by atoms with Gasteiger partial charge in [-0.25, -0.2) is 0 Å². The Morgan fingerprint density at radius 3 is 2.86 bits per heavy atom. The molecule has 0 fully saturated rings. The van der Waals surface area contributed by atoms with Crippen molar-refractivity contribution in [3.63, 3.8) is 0 Å². The summed E-state index contributed by atoms with van der Waals surface area (Å²) in [6.07, 6.45) is 5.97. The predicted molar refractivity (Wildman–Crippen MR) is 83.4 cm³/mol. The topological polar surface area (TPSA) is 81.4 Å². The molecule has 21 heavy (non-hydrogen) atoms. The molecule has 0 aliphatic heterocycles. The van der Waals surface area contributed by atoms with E-state index in [4.69, 9.17) is 16.9 Å². The molecule has 6 heteroatoms. The van der Waals surface area contributed by atoms with Gasteiger partial charge in [0, 0.05) is 17.3 Å². The third-order valence-electron chi connectivity index (χ3n) is 2.61. The van der Waals surface area contributed by atoms with Crippen LogP contribution in [0.25, 0.3) is 0 Å². The summed E-state index contributed by atoms with van der Waals surface area (Å²) >= 11 is 3.35. The Morgan fingerprint density at radius 2 is 2.24 bits per heavy atom. The molecule has 0 spiro atoms. The van der Waals surface area contributed by atoms with Crippen LogP contribution < -0.4 is 15.8 Å². The number of hydrogen-bond acceptors (Lipinski definition) is 3. The van der Waals surface area contributed by atoms with E-state index in [0.29, 0.717) is 13.0 Å². The van der Waals surface area contributed by atoms with Crippen molar-refractivity contribution >= 4 is 27.7 Å². The smallest absolute Gasteiger partial charge is 0.240 e. The van der Waals surface area contributed by atoms with Gasteiger partial charge in [0.1, 0.15) is 11.8 Å². The third-order valence-corrected chi connectivity index (χ3v) is 3.11. The van der Waals surface area contributed by atoms with Crippen LogP contribution in [0.3, 0.4) is 0 Å². The monoisotopic (exact) mass is 352 g/mol. The molecule has 0 heterocycles. The minimum Gasteiger partial charge on any atom is -0.494 e. The fourth-order valence-corrected chi connectivity index (χ4v) is 1.96. The number of amides is 2. The highest BCUT2D eigenvalue weighted by Crippen LogP contribution is 2.17. The molecule has 0 saturated heterocycles. The van der Waals surface area contributed by atoms with Crippen LogP contribution in [-0.4, -0.2) is 24.5 Å². The van der Waals surface area contributed by atoms with E-state index in [1.54, 1.807) is 0 Å². The molecule has 1 aromatic carbocycles. The van der Waals surface area contributed by atoms with Crippen LogP contribution in [0.5, 0.6) is 5.75 Å². The molecule has 0 bridgehead atoms. The van der Waals surface area contributed by atoms with Gasteiger partial charge >= 0.3 is 0 Å². The molecule has 1 atom stereocenters. The van der Waals surface area contributed by atoms with Gasteiger partial charge in [-0.05, 0) is 24.6 Å². The largest absolute Gasteiger partial charge is 0.494 e. The number of terminal acetylenes is 1. The highest BCUT2D eigenvalue weighted by molar-refractivity contribution is 9.10. The number of hydrogen-bond donors (Lipinski definition) is 2. The van der Waals surface area contributed by atoms with Crippen LogP contribution in [0.4, 0.5) is 0 Å². The lowest BCUT2D eigenvalue weighted by molar-refractivity contribution is -0.127.